The van der Waals surface area contributed by atoms with Crippen LogP contribution in [0, 0.1) is 0 Å². The zero-order valence-electron chi connectivity index (χ0n) is 13.3. The molecule has 2 aliphatic heterocycles. The van der Waals surface area contributed by atoms with E-state index in [1.165, 1.54) is 16.0 Å². The molecule has 4 heterocycles. The van der Waals surface area contributed by atoms with Crippen molar-refractivity contribution in [3.63, 3.8) is 0 Å². The molecule has 1 N–H and O–H groups in total. The van der Waals surface area contributed by atoms with E-state index in [1.807, 2.05) is 29.3 Å². The van der Waals surface area contributed by atoms with Crippen LogP contribution in [0.4, 0.5) is 0 Å². The van der Waals surface area contributed by atoms with Crippen molar-refractivity contribution in [3.05, 3.63) is 39.3 Å². The zero-order valence-corrected chi connectivity index (χ0v) is 14.1. The smallest absolute Gasteiger partial charge is 0.0972 e. The molecule has 2 aromatic rings. The van der Waals surface area contributed by atoms with Gasteiger partial charge in [0.2, 0.25) is 0 Å². The summed E-state index contributed by atoms with van der Waals surface area (Å²) in [6.07, 6.45) is 8.37. The molecule has 2 aliphatic rings. The summed E-state index contributed by atoms with van der Waals surface area (Å²) in [6, 6.07) is 2.74. The molecule has 0 unspecified atom stereocenters. The van der Waals surface area contributed by atoms with Crippen molar-refractivity contribution < 1.29 is 4.74 Å². The normalized spacial score (nSPS) is 28.0. The lowest BCUT2D eigenvalue weighted by Crippen LogP contribution is -2.45. The highest BCUT2D eigenvalue weighted by Crippen LogP contribution is 2.47. The van der Waals surface area contributed by atoms with E-state index >= 15 is 0 Å². The van der Waals surface area contributed by atoms with E-state index in [2.05, 4.69) is 29.6 Å². The molecule has 2 atom stereocenters. The minimum atomic E-state index is -0.0940. The fraction of sp³-hybridized carbons (Fsp3) is 0.588. The maximum Gasteiger partial charge on any atom is 0.0972 e. The second-order valence-corrected chi connectivity index (χ2v) is 7.63. The summed E-state index contributed by atoms with van der Waals surface area (Å²) < 4.78 is 8.27. The molecular weight excluding hydrogens is 294 g/mol. The maximum absolute atomic E-state index is 6.39. The predicted octanol–water partition coefficient (Wildman–Crippen LogP) is 2.94. The van der Waals surface area contributed by atoms with Crippen LogP contribution in [-0.2, 0) is 30.2 Å². The molecule has 2 aromatic heterocycles. The van der Waals surface area contributed by atoms with Crippen molar-refractivity contribution in [2.75, 3.05) is 13.2 Å². The van der Waals surface area contributed by atoms with Crippen LogP contribution in [0.5, 0.6) is 0 Å². The molecule has 1 fully saturated rings. The van der Waals surface area contributed by atoms with Gasteiger partial charge in [-0.05, 0) is 31.0 Å². The molecule has 1 spiro atoms. The molecule has 0 radical (unpaired) electrons. The Labute approximate surface area is 135 Å². The Morgan fingerprint density at radius 3 is 3.23 bits per heavy atom. The van der Waals surface area contributed by atoms with Crippen molar-refractivity contribution in [1.29, 1.82) is 0 Å². The summed E-state index contributed by atoms with van der Waals surface area (Å²) in [5.41, 5.74) is 2.64. The van der Waals surface area contributed by atoms with Crippen LogP contribution in [0.15, 0.2) is 18.5 Å². The SMILES string of the molecule is CCc1cc2c(s1)CCO[C@]21CCN[C@H](c2cnn(C)c2)C1. The first-order valence-corrected chi connectivity index (χ1v) is 9.00. The molecule has 4 rings (SSSR count). The summed E-state index contributed by atoms with van der Waals surface area (Å²) in [5, 5.41) is 7.97. The number of aromatic nitrogens is 2. The first kappa shape index (κ1) is 14.4. The minimum absolute atomic E-state index is 0.0940. The third kappa shape index (κ3) is 2.32. The predicted molar refractivity (Wildman–Crippen MR) is 88.2 cm³/mol. The molecule has 0 amide bonds. The van der Waals surface area contributed by atoms with Crippen molar-refractivity contribution >= 4 is 11.3 Å². The van der Waals surface area contributed by atoms with Crippen molar-refractivity contribution in [1.82, 2.24) is 15.1 Å². The van der Waals surface area contributed by atoms with E-state index in [4.69, 9.17) is 4.74 Å². The van der Waals surface area contributed by atoms with Crippen LogP contribution >= 0.6 is 11.3 Å². The maximum atomic E-state index is 6.39. The summed E-state index contributed by atoms with van der Waals surface area (Å²) in [6.45, 7) is 4.10. The highest BCUT2D eigenvalue weighted by Gasteiger charge is 2.43. The monoisotopic (exact) mass is 317 g/mol. The molecule has 0 aliphatic carbocycles. The number of piperidine rings is 1. The quantitative estimate of drug-likeness (QED) is 0.925. The van der Waals surface area contributed by atoms with Gasteiger partial charge in [0, 0.05) is 47.4 Å². The third-order valence-electron chi connectivity index (χ3n) is 4.99. The third-order valence-corrected chi connectivity index (χ3v) is 6.33. The number of aryl methyl sites for hydroxylation is 2. The Morgan fingerprint density at radius 2 is 2.45 bits per heavy atom. The lowest BCUT2D eigenvalue weighted by atomic mass is 9.78. The molecule has 5 heteroatoms. The topological polar surface area (TPSA) is 39.1 Å². The Balaban J connectivity index is 1.68. The zero-order chi connectivity index (χ0) is 15.2. The van der Waals surface area contributed by atoms with E-state index in [0.29, 0.717) is 6.04 Å². The average molecular weight is 317 g/mol. The lowest BCUT2D eigenvalue weighted by Gasteiger charge is -2.43. The fourth-order valence-electron chi connectivity index (χ4n) is 3.83. The number of rotatable bonds is 2. The van der Waals surface area contributed by atoms with E-state index in [1.54, 1.807) is 4.88 Å². The highest BCUT2D eigenvalue weighted by molar-refractivity contribution is 7.12. The van der Waals surface area contributed by atoms with E-state index in [9.17, 15) is 0 Å². The van der Waals surface area contributed by atoms with Crippen molar-refractivity contribution in [2.45, 2.75) is 44.2 Å². The number of ether oxygens (including phenoxy) is 1. The summed E-state index contributed by atoms with van der Waals surface area (Å²) in [7, 11) is 1.98. The Kier molecular flexibility index (Phi) is 3.59. The minimum Gasteiger partial charge on any atom is -0.370 e. The van der Waals surface area contributed by atoms with Crippen LogP contribution in [0.25, 0.3) is 0 Å². The summed E-state index contributed by atoms with van der Waals surface area (Å²) >= 11 is 1.99. The second-order valence-electron chi connectivity index (χ2n) is 6.40. The van der Waals surface area contributed by atoms with Gasteiger partial charge in [-0.25, -0.2) is 0 Å². The number of fused-ring (bicyclic) bond motifs is 2. The van der Waals surface area contributed by atoms with Gasteiger partial charge in [0.1, 0.15) is 0 Å². The molecule has 22 heavy (non-hydrogen) atoms. The van der Waals surface area contributed by atoms with E-state index in [-0.39, 0.29) is 5.60 Å². The first-order chi connectivity index (χ1) is 10.7. The molecule has 0 aromatic carbocycles. The van der Waals surface area contributed by atoms with Crippen LogP contribution in [-0.4, -0.2) is 22.9 Å². The largest absolute Gasteiger partial charge is 0.370 e. The second kappa shape index (κ2) is 5.48. The van der Waals surface area contributed by atoms with E-state index in [0.717, 1.165) is 38.8 Å². The van der Waals surface area contributed by atoms with Gasteiger partial charge in [-0.3, -0.25) is 4.68 Å². The molecule has 0 saturated carbocycles. The first-order valence-electron chi connectivity index (χ1n) is 8.18. The van der Waals surface area contributed by atoms with Gasteiger partial charge in [0.05, 0.1) is 18.4 Å². The number of nitrogens with one attached hydrogen (secondary N) is 1. The van der Waals surface area contributed by atoms with Crippen LogP contribution in [0.3, 0.4) is 0 Å². The van der Waals surface area contributed by atoms with Crippen molar-refractivity contribution in [3.8, 4) is 0 Å². The van der Waals surface area contributed by atoms with Crippen LogP contribution in [0.2, 0.25) is 0 Å². The number of hydrogen-bond donors (Lipinski definition) is 1. The lowest BCUT2D eigenvalue weighted by molar-refractivity contribution is -0.0889. The average Bonchev–Trinajstić information content (AvgIpc) is 3.14. The van der Waals surface area contributed by atoms with Gasteiger partial charge in [0.15, 0.2) is 0 Å². The van der Waals surface area contributed by atoms with Gasteiger partial charge >= 0.3 is 0 Å². The van der Waals surface area contributed by atoms with Crippen LogP contribution in [0.1, 0.15) is 46.7 Å². The Bertz CT molecular complexity index is 677. The molecular formula is C17H23N3OS. The van der Waals surface area contributed by atoms with Crippen molar-refractivity contribution in [2.24, 2.45) is 7.05 Å². The number of hydrogen-bond acceptors (Lipinski definition) is 4. The standard InChI is InChI=1S/C17H23N3OS/c1-3-13-8-14-16(22-13)4-7-21-17(14)5-6-18-15(9-17)12-10-19-20(2)11-12/h8,10-11,15,18H,3-7,9H2,1-2H3/t15-,17-/m0/s1. The Hall–Kier alpha value is -1.17. The molecule has 118 valence electrons. The molecule has 1 saturated heterocycles. The fourth-order valence-corrected chi connectivity index (χ4v) is 5.01. The van der Waals surface area contributed by atoms with Gasteiger partial charge in [-0.2, -0.15) is 5.10 Å². The number of nitrogens with zero attached hydrogens (tertiary/aromatic N) is 2. The molecule has 0 bridgehead atoms. The van der Waals surface area contributed by atoms with Gasteiger partial charge in [-0.15, -0.1) is 11.3 Å². The Morgan fingerprint density at radius 1 is 1.55 bits per heavy atom. The number of thiophene rings is 1. The summed E-state index contributed by atoms with van der Waals surface area (Å²) in [5.74, 6) is 0. The van der Waals surface area contributed by atoms with Gasteiger partial charge in [0.25, 0.3) is 0 Å². The highest BCUT2D eigenvalue weighted by atomic mass is 32.1. The molecule has 4 nitrogen and oxygen atoms in total. The van der Waals surface area contributed by atoms with Gasteiger partial charge < -0.3 is 10.1 Å². The van der Waals surface area contributed by atoms with Gasteiger partial charge in [-0.1, -0.05) is 6.92 Å². The van der Waals surface area contributed by atoms with Crippen LogP contribution < -0.4 is 5.32 Å². The summed E-state index contributed by atoms with van der Waals surface area (Å²) in [4.78, 5) is 3.04. The van der Waals surface area contributed by atoms with E-state index < -0.39 is 0 Å².